The number of esters is 1. The van der Waals surface area contributed by atoms with Crippen LogP contribution in [0.25, 0.3) is 0 Å². The van der Waals surface area contributed by atoms with E-state index in [0.29, 0.717) is 17.8 Å². The lowest BCUT2D eigenvalue weighted by Gasteiger charge is -2.43. The van der Waals surface area contributed by atoms with Gasteiger partial charge in [0.15, 0.2) is 0 Å². The zero-order valence-electron chi connectivity index (χ0n) is 10.7. The molecule has 4 heteroatoms. The van der Waals surface area contributed by atoms with Gasteiger partial charge in [0.2, 0.25) is 5.76 Å². The van der Waals surface area contributed by atoms with Crippen LogP contribution in [0, 0.1) is 0 Å². The van der Waals surface area contributed by atoms with E-state index in [1.54, 1.807) is 17.0 Å². The fourth-order valence-electron chi connectivity index (χ4n) is 3.44. The number of furan rings is 1. The largest absolute Gasteiger partial charge is 0.457 e. The predicted octanol–water partition coefficient (Wildman–Crippen LogP) is 1.03. The van der Waals surface area contributed by atoms with E-state index in [1.165, 1.54) is 25.5 Å². The maximum atomic E-state index is 11.9. The van der Waals surface area contributed by atoms with Crippen molar-refractivity contribution in [3.63, 3.8) is 0 Å². The fourth-order valence-corrected chi connectivity index (χ4v) is 3.44. The van der Waals surface area contributed by atoms with Crippen molar-refractivity contribution in [2.45, 2.75) is 50.3 Å². The summed E-state index contributed by atoms with van der Waals surface area (Å²) in [5.74, 6) is -0.00550. The summed E-state index contributed by atoms with van der Waals surface area (Å²) < 4.78 is 10.6. The van der Waals surface area contributed by atoms with Gasteiger partial charge in [0.25, 0.3) is 0 Å². The molecule has 0 amide bonds. The molecule has 1 aromatic rings. The second-order valence-corrected chi connectivity index (χ2v) is 5.54. The van der Waals surface area contributed by atoms with E-state index >= 15 is 0 Å². The number of hydrogen-bond donors (Lipinski definition) is 1. The van der Waals surface area contributed by atoms with Crippen LogP contribution in [0.2, 0.25) is 0 Å². The minimum absolute atomic E-state index is 0.0709. The summed E-state index contributed by atoms with van der Waals surface area (Å²) in [4.78, 5) is 13.5. The molecule has 2 atom stereocenters. The molecule has 0 unspecified atom stereocenters. The van der Waals surface area contributed by atoms with Gasteiger partial charge in [0.05, 0.1) is 25.4 Å². The van der Waals surface area contributed by atoms with E-state index in [1.807, 2.05) is 0 Å². The minimum atomic E-state index is -0.317. The van der Waals surface area contributed by atoms with Gasteiger partial charge in [0.1, 0.15) is 6.10 Å². The first-order valence-electron chi connectivity index (χ1n) is 6.82. The molecular weight excluding hydrogens is 230 g/mol. The molecule has 98 valence electrons. The van der Waals surface area contributed by atoms with Gasteiger partial charge in [-0.05, 0) is 31.4 Å². The number of carbonyl (C=O) groups excluding carboxylic acids is 1. The van der Waals surface area contributed by atoms with Crippen molar-refractivity contribution in [2.75, 3.05) is 7.05 Å². The second kappa shape index (κ2) is 4.76. The van der Waals surface area contributed by atoms with E-state index in [4.69, 9.17) is 9.15 Å². The molecule has 1 aromatic heterocycles. The molecule has 0 aromatic carbocycles. The van der Waals surface area contributed by atoms with Gasteiger partial charge < -0.3 is 14.1 Å². The Morgan fingerprint density at radius 3 is 2.72 bits per heavy atom. The molecule has 0 saturated carbocycles. The third kappa shape index (κ3) is 2.17. The van der Waals surface area contributed by atoms with Crippen LogP contribution in [-0.2, 0) is 4.74 Å². The van der Waals surface area contributed by atoms with Crippen molar-refractivity contribution in [3.05, 3.63) is 24.2 Å². The van der Waals surface area contributed by atoms with Crippen LogP contribution in [-0.4, -0.2) is 31.2 Å². The highest BCUT2D eigenvalue weighted by Gasteiger charge is 2.41. The van der Waals surface area contributed by atoms with Gasteiger partial charge in [-0.15, -0.1) is 0 Å². The highest BCUT2D eigenvalue weighted by atomic mass is 16.6. The number of quaternary nitrogens is 1. The van der Waals surface area contributed by atoms with Gasteiger partial charge in [-0.25, -0.2) is 4.79 Å². The Balaban J connectivity index is 1.63. The average Bonchev–Trinajstić information content (AvgIpc) is 2.84. The quantitative estimate of drug-likeness (QED) is 0.797. The molecule has 1 N–H and O–H groups in total. The standard InChI is InChI=1S/C14H19NO3/c1-15-10-4-2-5-11(15)9-12(8-10)18-14(16)13-6-3-7-17-13/h3,6-7,10-12H,2,4-5,8-9H2,1H3/p+1/t10-,11-/m1/s1. The summed E-state index contributed by atoms with van der Waals surface area (Å²) in [6, 6.07) is 4.69. The smallest absolute Gasteiger partial charge is 0.374 e. The zero-order chi connectivity index (χ0) is 12.5. The summed E-state index contributed by atoms with van der Waals surface area (Å²) in [7, 11) is 2.28. The van der Waals surface area contributed by atoms with E-state index < -0.39 is 0 Å². The van der Waals surface area contributed by atoms with Crippen LogP contribution in [0.3, 0.4) is 0 Å². The molecule has 2 bridgehead atoms. The number of carbonyl (C=O) groups is 1. The van der Waals surface area contributed by atoms with Gasteiger partial charge in [0, 0.05) is 12.8 Å². The Labute approximate surface area is 107 Å². The third-order valence-corrected chi connectivity index (χ3v) is 4.48. The van der Waals surface area contributed by atoms with E-state index in [2.05, 4.69) is 7.05 Å². The molecular formula is C14H20NO3+. The van der Waals surface area contributed by atoms with Crippen LogP contribution in [0.1, 0.15) is 42.7 Å². The first kappa shape index (κ1) is 11.8. The first-order chi connectivity index (χ1) is 8.74. The first-order valence-corrected chi connectivity index (χ1v) is 6.82. The molecule has 2 aliphatic heterocycles. The molecule has 0 aliphatic carbocycles. The third-order valence-electron chi connectivity index (χ3n) is 4.48. The number of ether oxygens (including phenoxy) is 1. The van der Waals surface area contributed by atoms with Crippen molar-refractivity contribution < 1.29 is 18.8 Å². The molecule has 3 heterocycles. The molecule has 4 nitrogen and oxygen atoms in total. The van der Waals surface area contributed by atoms with Crippen molar-refractivity contribution in [3.8, 4) is 0 Å². The molecule has 0 radical (unpaired) electrons. The topological polar surface area (TPSA) is 43.9 Å². The van der Waals surface area contributed by atoms with E-state index in [-0.39, 0.29) is 12.1 Å². The number of nitrogens with one attached hydrogen (secondary N) is 1. The Bertz CT molecular complexity index is 401. The van der Waals surface area contributed by atoms with Gasteiger partial charge in [-0.3, -0.25) is 0 Å². The highest BCUT2D eigenvalue weighted by molar-refractivity contribution is 5.86. The summed E-state index contributed by atoms with van der Waals surface area (Å²) >= 11 is 0. The predicted molar refractivity (Wildman–Crippen MR) is 65.5 cm³/mol. The SMILES string of the molecule is C[NH+]1[C@@H]2CCC[C@@H]1CC(OC(=O)c1ccco1)C2. The van der Waals surface area contributed by atoms with E-state index in [9.17, 15) is 4.79 Å². The monoisotopic (exact) mass is 250 g/mol. The van der Waals surface area contributed by atoms with Crippen LogP contribution >= 0.6 is 0 Å². The van der Waals surface area contributed by atoms with Crippen molar-refractivity contribution in [1.29, 1.82) is 0 Å². The lowest BCUT2D eigenvalue weighted by molar-refractivity contribution is -0.943. The lowest BCUT2D eigenvalue weighted by Crippen LogP contribution is -3.18. The Kier molecular flexibility index (Phi) is 3.12. The lowest BCUT2D eigenvalue weighted by atomic mass is 9.83. The molecule has 2 fully saturated rings. The fraction of sp³-hybridized carbons (Fsp3) is 0.643. The van der Waals surface area contributed by atoms with Crippen LogP contribution in [0.15, 0.2) is 22.8 Å². The molecule has 3 rings (SSSR count). The molecule has 2 saturated heterocycles. The normalized spacial score (nSPS) is 35.2. The minimum Gasteiger partial charge on any atom is -0.457 e. The molecule has 0 spiro atoms. The number of piperidine rings is 2. The second-order valence-electron chi connectivity index (χ2n) is 5.54. The summed E-state index contributed by atoms with van der Waals surface area (Å²) in [6.07, 6.45) is 7.41. The van der Waals surface area contributed by atoms with Crippen LogP contribution < -0.4 is 4.90 Å². The Hall–Kier alpha value is -1.29. The number of fused-ring (bicyclic) bond motifs is 2. The van der Waals surface area contributed by atoms with Gasteiger partial charge in [-0.2, -0.15) is 0 Å². The number of rotatable bonds is 2. The van der Waals surface area contributed by atoms with Gasteiger partial charge in [-0.1, -0.05) is 0 Å². The molecule has 2 aliphatic rings. The maximum absolute atomic E-state index is 11.9. The Morgan fingerprint density at radius 1 is 1.39 bits per heavy atom. The summed E-state index contributed by atoms with van der Waals surface area (Å²) in [5, 5.41) is 0. The maximum Gasteiger partial charge on any atom is 0.374 e. The average molecular weight is 250 g/mol. The van der Waals surface area contributed by atoms with Crippen molar-refractivity contribution in [2.24, 2.45) is 0 Å². The van der Waals surface area contributed by atoms with Crippen molar-refractivity contribution >= 4 is 5.97 Å². The van der Waals surface area contributed by atoms with Gasteiger partial charge >= 0.3 is 5.97 Å². The van der Waals surface area contributed by atoms with Crippen LogP contribution in [0.5, 0.6) is 0 Å². The van der Waals surface area contributed by atoms with Crippen molar-refractivity contribution in [1.82, 2.24) is 0 Å². The zero-order valence-corrected chi connectivity index (χ0v) is 10.7. The molecule has 18 heavy (non-hydrogen) atoms. The van der Waals surface area contributed by atoms with Crippen LogP contribution in [0.4, 0.5) is 0 Å². The summed E-state index contributed by atoms with van der Waals surface area (Å²) in [6.45, 7) is 0. The highest BCUT2D eigenvalue weighted by Crippen LogP contribution is 2.24. The van der Waals surface area contributed by atoms with E-state index in [0.717, 1.165) is 12.8 Å². The summed E-state index contributed by atoms with van der Waals surface area (Å²) in [5.41, 5.74) is 0. The Morgan fingerprint density at radius 2 is 2.11 bits per heavy atom. The number of hydrogen-bond acceptors (Lipinski definition) is 3.